The molecule has 0 atom stereocenters. The Morgan fingerprint density at radius 3 is 2.30 bits per heavy atom. The molecule has 0 fully saturated rings. The normalized spacial score (nSPS) is 16.0. The predicted octanol–water partition coefficient (Wildman–Crippen LogP) is 4.49. The molecule has 1 aliphatic rings. The molecule has 0 amide bonds. The summed E-state index contributed by atoms with van der Waals surface area (Å²) in [5, 5.41) is 0.649. The summed E-state index contributed by atoms with van der Waals surface area (Å²) >= 11 is 5.82. The summed E-state index contributed by atoms with van der Waals surface area (Å²) in [5.41, 5.74) is 1.75. The maximum atomic E-state index is 12.9. The maximum absolute atomic E-state index is 12.9. The van der Waals surface area contributed by atoms with Crippen LogP contribution in [-0.2, 0) is 9.53 Å². The Bertz CT molecular complexity index is 821. The van der Waals surface area contributed by atoms with Gasteiger partial charge in [0.25, 0.3) is 0 Å². The zero-order valence-electron chi connectivity index (χ0n) is 11.9. The van der Waals surface area contributed by atoms with Crippen LogP contribution in [0, 0.1) is 5.82 Å². The van der Waals surface area contributed by atoms with Crippen LogP contribution in [0.1, 0.15) is 11.1 Å². The van der Waals surface area contributed by atoms with Crippen molar-refractivity contribution in [1.29, 1.82) is 0 Å². The molecule has 0 saturated heterocycles. The van der Waals surface area contributed by atoms with Gasteiger partial charge in [-0.3, -0.25) is 0 Å². The number of carbonyl (C=O) groups excluding carboxylic acids is 1. The highest BCUT2D eigenvalue weighted by Gasteiger charge is 2.20. The lowest BCUT2D eigenvalue weighted by atomic mass is 10.2. The number of rotatable bonds is 3. The number of benzene rings is 2. The largest absolute Gasteiger partial charge is 0.403 e. The Morgan fingerprint density at radius 2 is 1.61 bits per heavy atom. The quantitative estimate of drug-likeness (QED) is 0.615. The van der Waals surface area contributed by atoms with E-state index in [1.165, 1.54) is 12.1 Å². The van der Waals surface area contributed by atoms with Gasteiger partial charge in [-0.2, -0.15) is 0 Å². The molecule has 0 aromatic heterocycles. The van der Waals surface area contributed by atoms with Crippen molar-refractivity contribution in [2.45, 2.75) is 0 Å². The van der Waals surface area contributed by atoms with Crippen molar-refractivity contribution in [2.24, 2.45) is 4.99 Å². The Hall–Kier alpha value is -2.72. The molecule has 5 heteroatoms. The van der Waals surface area contributed by atoms with Crippen molar-refractivity contribution < 1.29 is 13.9 Å². The first kappa shape index (κ1) is 15.2. The molecule has 0 radical (unpaired) electrons. The topological polar surface area (TPSA) is 38.7 Å². The molecule has 0 saturated carbocycles. The highest BCUT2D eigenvalue weighted by Crippen LogP contribution is 2.17. The first-order chi connectivity index (χ1) is 11.1. The van der Waals surface area contributed by atoms with Crippen LogP contribution in [0.4, 0.5) is 4.39 Å². The number of ether oxygens (including phenoxy) is 1. The molecule has 0 bridgehead atoms. The van der Waals surface area contributed by atoms with Crippen molar-refractivity contribution >= 4 is 35.6 Å². The number of nitrogens with zero attached hydrogens (tertiary/aromatic N) is 1. The molecule has 114 valence electrons. The number of aliphatic imine (C=N–C) groups is 1. The highest BCUT2D eigenvalue weighted by molar-refractivity contribution is 6.30. The van der Waals surface area contributed by atoms with E-state index >= 15 is 0 Å². The van der Waals surface area contributed by atoms with Crippen LogP contribution in [0.5, 0.6) is 0 Å². The Morgan fingerprint density at radius 1 is 0.957 bits per heavy atom. The molecule has 0 aliphatic carbocycles. The fraction of sp³-hybridized carbons (Fsp3) is 0. The molecular weight excluding hydrogens is 317 g/mol. The fourth-order valence-electron chi connectivity index (χ4n) is 1.96. The monoisotopic (exact) mass is 327 g/mol. The second-order valence-corrected chi connectivity index (χ2v) is 5.24. The van der Waals surface area contributed by atoms with Gasteiger partial charge in [-0.15, -0.1) is 0 Å². The average molecular weight is 328 g/mol. The van der Waals surface area contributed by atoms with Crippen molar-refractivity contribution in [3.05, 3.63) is 82.3 Å². The van der Waals surface area contributed by atoms with Crippen LogP contribution in [0.2, 0.25) is 5.02 Å². The fourth-order valence-corrected chi connectivity index (χ4v) is 2.08. The average Bonchev–Trinajstić information content (AvgIpc) is 2.89. The third-order valence-corrected chi connectivity index (χ3v) is 3.35. The molecule has 1 aliphatic heterocycles. The third kappa shape index (κ3) is 3.93. The molecule has 0 N–H and O–H groups in total. The summed E-state index contributed by atoms with van der Waals surface area (Å²) in [6.45, 7) is 0. The summed E-state index contributed by atoms with van der Waals surface area (Å²) in [6.07, 6.45) is 4.92. The number of hydrogen-bond donors (Lipinski definition) is 0. The van der Waals surface area contributed by atoms with Crippen LogP contribution in [0.3, 0.4) is 0 Å². The lowest BCUT2D eigenvalue weighted by Crippen LogP contribution is -2.01. The Balaban J connectivity index is 1.78. The smallest absolute Gasteiger partial charge is 0.363 e. The van der Waals surface area contributed by atoms with Crippen molar-refractivity contribution in [2.75, 3.05) is 0 Å². The molecule has 0 spiro atoms. The summed E-state index contributed by atoms with van der Waals surface area (Å²) < 4.78 is 17.9. The van der Waals surface area contributed by atoms with Gasteiger partial charge in [0.1, 0.15) is 5.82 Å². The third-order valence-electron chi connectivity index (χ3n) is 3.10. The van der Waals surface area contributed by atoms with Gasteiger partial charge < -0.3 is 4.74 Å². The number of hydrogen-bond acceptors (Lipinski definition) is 3. The minimum absolute atomic E-state index is 0.173. The molecule has 23 heavy (non-hydrogen) atoms. The summed E-state index contributed by atoms with van der Waals surface area (Å²) in [6, 6.07) is 13.0. The summed E-state index contributed by atoms with van der Waals surface area (Å²) in [5.74, 6) is -0.667. The lowest BCUT2D eigenvalue weighted by molar-refractivity contribution is -0.129. The van der Waals surface area contributed by atoms with Gasteiger partial charge in [-0.05, 0) is 47.5 Å². The highest BCUT2D eigenvalue weighted by atomic mass is 35.5. The number of cyclic esters (lactones) is 1. The van der Waals surface area contributed by atoms with Crippen molar-refractivity contribution in [1.82, 2.24) is 0 Å². The number of halogens is 2. The second-order valence-electron chi connectivity index (χ2n) is 4.81. The van der Waals surface area contributed by atoms with Crippen LogP contribution >= 0.6 is 11.6 Å². The first-order valence-electron chi connectivity index (χ1n) is 6.82. The van der Waals surface area contributed by atoms with Gasteiger partial charge in [0.2, 0.25) is 5.90 Å². The van der Waals surface area contributed by atoms with Crippen molar-refractivity contribution in [3.8, 4) is 0 Å². The zero-order chi connectivity index (χ0) is 16.2. The van der Waals surface area contributed by atoms with E-state index in [9.17, 15) is 9.18 Å². The zero-order valence-corrected chi connectivity index (χ0v) is 12.6. The van der Waals surface area contributed by atoms with E-state index in [4.69, 9.17) is 16.3 Å². The second kappa shape index (κ2) is 6.58. The Kier molecular flexibility index (Phi) is 4.35. The SMILES string of the molecule is O=C1OC(/C=C/c2ccc(Cl)cc2)=NC/1=C/c1ccc(F)cc1. The number of carbonyl (C=O) groups is 1. The van der Waals surface area contributed by atoms with Gasteiger partial charge in [-0.25, -0.2) is 14.2 Å². The molecule has 2 aromatic carbocycles. The minimum atomic E-state index is -0.537. The molecular formula is C18H11ClFNO2. The van der Waals surface area contributed by atoms with E-state index in [2.05, 4.69) is 4.99 Å². The molecule has 1 heterocycles. The van der Waals surface area contributed by atoms with E-state index in [0.29, 0.717) is 10.6 Å². The first-order valence-corrected chi connectivity index (χ1v) is 7.20. The van der Waals surface area contributed by atoms with E-state index in [0.717, 1.165) is 5.56 Å². The van der Waals surface area contributed by atoms with E-state index < -0.39 is 5.97 Å². The van der Waals surface area contributed by atoms with Crippen LogP contribution in [0.25, 0.3) is 12.2 Å². The Labute approximate surface area is 137 Å². The van der Waals surface area contributed by atoms with Gasteiger partial charge in [0, 0.05) is 11.1 Å². The number of esters is 1. The lowest BCUT2D eigenvalue weighted by Gasteiger charge is -1.94. The van der Waals surface area contributed by atoms with Crippen LogP contribution in [0.15, 0.2) is 65.3 Å². The van der Waals surface area contributed by atoms with E-state index in [-0.39, 0.29) is 17.4 Å². The van der Waals surface area contributed by atoms with Crippen LogP contribution in [-0.4, -0.2) is 11.9 Å². The molecule has 3 nitrogen and oxygen atoms in total. The van der Waals surface area contributed by atoms with Crippen LogP contribution < -0.4 is 0 Å². The summed E-state index contributed by atoms with van der Waals surface area (Å²) in [4.78, 5) is 15.9. The van der Waals surface area contributed by atoms with E-state index in [1.807, 2.05) is 12.1 Å². The predicted molar refractivity (Wildman–Crippen MR) is 88.4 cm³/mol. The van der Waals surface area contributed by atoms with Crippen molar-refractivity contribution in [3.63, 3.8) is 0 Å². The van der Waals surface area contributed by atoms with Gasteiger partial charge in [0.05, 0.1) is 0 Å². The minimum Gasteiger partial charge on any atom is -0.403 e. The van der Waals surface area contributed by atoms with E-state index in [1.54, 1.807) is 42.5 Å². The standard InChI is InChI=1S/C18H11ClFNO2/c19-14-6-1-12(2-7-14)5-10-17-21-16(18(22)23-17)11-13-3-8-15(20)9-4-13/h1-11H/b10-5+,16-11+. The van der Waals surface area contributed by atoms with Gasteiger partial charge >= 0.3 is 5.97 Å². The molecule has 0 unspecified atom stereocenters. The van der Waals surface area contributed by atoms with Gasteiger partial charge in [0.15, 0.2) is 5.70 Å². The molecule has 2 aromatic rings. The maximum Gasteiger partial charge on any atom is 0.363 e. The molecule has 3 rings (SSSR count). The van der Waals surface area contributed by atoms with Gasteiger partial charge in [-0.1, -0.05) is 35.9 Å². The summed E-state index contributed by atoms with van der Waals surface area (Å²) in [7, 11) is 0.